The van der Waals surface area contributed by atoms with E-state index in [0.29, 0.717) is 16.8 Å². The zero-order chi connectivity index (χ0) is 13.3. The van der Waals surface area contributed by atoms with Crippen LogP contribution in [0.2, 0.25) is 0 Å². The lowest BCUT2D eigenvalue weighted by Crippen LogP contribution is -2.54. The lowest BCUT2D eigenvalue weighted by Gasteiger charge is -2.51. The normalized spacial score (nSPS) is 31.2. The largest absolute Gasteiger partial charge is 0.489 e. The molecule has 0 saturated heterocycles. The summed E-state index contributed by atoms with van der Waals surface area (Å²) in [7, 11) is 0. The second-order valence-electron chi connectivity index (χ2n) is 5.86. The number of halogens is 1. The molecule has 0 aliphatic heterocycles. The minimum Gasteiger partial charge on any atom is -0.489 e. The topological polar surface area (TPSA) is 9.23 Å². The fraction of sp³-hybridized carbons (Fsp3) is 0.625. The Labute approximate surface area is 119 Å². The molecule has 2 rings (SSSR count). The molecule has 2 heteroatoms. The third-order valence-electron chi connectivity index (χ3n) is 4.44. The molecule has 0 N–H and O–H groups in total. The molecule has 1 aromatic rings. The van der Waals surface area contributed by atoms with Crippen LogP contribution in [0, 0.1) is 5.41 Å². The predicted molar refractivity (Wildman–Crippen MR) is 80.7 cm³/mol. The molecule has 18 heavy (non-hydrogen) atoms. The lowest BCUT2D eigenvalue weighted by molar-refractivity contribution is -0.0249. The van der Waals surface area contributed by atoms with Gasteiger partial charge in [-0.2, -0.15) is 0 Å². The van der Waals surface area contributed by atoms with E-state index in [0.717, 1.165) is 18.6 Å². The highest BCUT2D eigenvalue weighted by Crippen LogP contribution is 2.50. The Kier molecular flexibility index (Phi) is 4.05. The molecule has 0 bridgehead atoms. The van der Waals surface area contributed by atoms with Crippen molar-refractivity contribution < 1.29 is 4.74 Å². The summed E-state index contributed by atoms with van der Waals surface area (Å²) in [4.78, 5) is 0.589. The van der Waals surface area contributed by atoms with Crippen LogP contribution >= 0.6 is 15.9 Å². The van der Waals surface area contributed by atoms with E-state index in [4.69, 9.17) is 4.74 Å². The molecule has 0 amide bonds. The van der Waals surface area contributed by atoms with Gasteiger partial charge in [-0.1, -0.05) is 61.8 Å². The van der Waals surface area contributed by atoms with Gasteiger partial charge in [-0.25, -0.2) is 0 Å². The van der Waals surface area contributed by atoms with Gasteiger partial charge in [0.1, 0.15) is 11.9 Å². The molecule has 3 atom stereocenters. The molecular formula is C16H23BrO. The molecule has 1 nitrogen and oxygen atoms in total. The fourth-order valence-corrected chi connectivity index (χ4v) is 3.58. The molecule has 1 saturated carbocycles. The van der Waals surface area contributed by atoms with Gasteiger partial charge in [0.05, 0.1) is 0 Å². The van der Waals surface area contributed by atoms with Crippen LogP contribution in [0.4, 0.5) is 0 Å². The lowest BCUT2D eigenvalue weighted by atomic mass is 9.65. The highest BCUT2D eigenvalue weighted by Gasteiger charge is 2.51. The highest BCUT2D eigenvalue weighted by molar-refractivity contribution is 9.09. The van der Waals surface area contributed by atoms with Crippen molar-refractivity contribution in [1.82, 2.24) is 0 Å². The van der Waals surface area contributed by atoms with E-state index in [1.54, 1.807) is 0 Å². The average Bonchev–Trinajstić information content (AvgIpc) is 2.37. The van der Waals surface area contributed by atoms with Crippen molar-refractivity contribution in [2.24, 2.45) is 5.41 Å². The molecule has 100 valence electrons. The Morgan fingerprint density at radius 1 is 1.39 bits per heavy atom. The van der Waals surface area contributed by atoms with Crippen LogP contribution in [0.5, 0.6) is 5.75 Å². The Bertz CT molecular complexity index is 415. The van der Waals surface area contributed by atoms with E-state index in [2.05, 4.69) is 67.9 Å². The third-order valence-corrected chi connectivity index (χ3v) is 5.86. The molecule has 0 radical (unpaired) electrons. The summed E-state index contributed by atoms with van der Waals surface area (Å²) >= 11 is 3.76. The quantitative estimate of drug-likeness (QED) is 0.700. The number of para-hydroxylation sites is 1. The maximum Gasteiger partial charge on any atom is 0.123 e. The number of hydrogen-bond acceptors (Lipinski definition) is 1. The number of ether oxygens (including phenoxy) is 1. The van der Waals surface area contributed by atoms with Crippen molar-refractivity contribution in [3.05, 3.63) is 29.8 Å². The molecule has 0 aromatic heterocycles. The number of benzene rings is 1. The molecular weight excluding hydrogens is 288 g/mol. The molecule has 1 aliphatic rings. The summed E-state index contributed by atoms with van der Waals surface area (Å²) in [5.41, 5.74) is 1.58. The van der Waals surface area contributed by atoms with Gasteiger partial charge in [0, 0.05) is 10.2 Å². The zero-order valence-corrected chi connectivity index (χ0v) is 13.3. The molecule has 1 fully saturated rings. The van der Waals surface area contributed by atoms with Crippen molar-refractivity contribution in [2.45, 2.75) is 57.4 Å². The van der Waals surface area contributed by atoms with Gasteiger partial charge in [0.15, 0.2) is 0 Å². The van der Waals surface area contributed by atoms with Crippen LogP contribution in [0.15, 0.2) is 24.3 Å². The minimum absolute atomic E-state index is 0.268. The van der Waals surface area contributed by atoms with Crippen LogP contribution in [-0.4, -0.2) is 10.9 Å². The summed E-state index contributed by atoms with van der Waals surface area (Å²) < 4.78 is 6.29. The average molecular weight is 311 g/mol. The van der Waals surface area contributed by atoms with Crippen molar-refractivity contribution in [2.75, 3.05) is 0 Å². The van der Waals surface area contributed by atoms with Crippen LogP contribution in [0.1, 0.15) is 52.0 Å². The van der Waals surface area contributed by atoms with Gasteiger partial charge in [0.25, 0.3) is 0 Å². The monoisotopic (exact) mass is 310 g/mol. The smallest absolute Gasteiger partial charge is 0.123 e. The van der Waals surface area contributed by atoms with E-state index >= 15 is 0 Å². The first-order valence-electron chi connectivity index (χ1n) is 6.88. The second-order valence-corrected chi connectivity index (χ2v) is 6.97. The van der Waals surface area contributed by atoms with Crippen molar-refractivity contribution >= 4 is 15.9 Å². The summed E-state index contributed by atoms with van der Waals surface area (Å²) in [6.07, 6.45) is 2.60. The van der Waals surface area contributed by atoms with E-state index in [1.165, 1.54) is 5.56 Å². The van der Waals surface area contributed by atoms with Crippen molar-refractivity contribution in [1.29, 1.82) is 0 Å². The van der Waals surface area contributed by atoms with E-state index in [-0.39, 0.29) is 5.41 Å². The second kappa shape index (κ2) is 5.24. The molecule has 0 spiro atoms. The fourth-order valence-electron chi connectivity index (χ4n) is 2.62. The standard InChI is InChI=1S/C16H23BrO/c1-5-16(4)14(17)10-15(16)18-13-9-7-6-8-12(13)11(2)3/h6-9,11,14-15H,5,10H2,1-4H3. The van der Waals surface area contributed by atoms with Crippen LogP contribution in [0.25, 0.3) is 0 Å². The third kappa shape index (κ3) is 2.32. The first-order chi connectivity index (χ1) is 8.49. The Morgan fingerprint density at radius 2 is 2.06 bits per heavy atom. The first-order valence-corrected chi connectivity index (χ1v) is 7.80. The van der Waals surface area contributed by atoms with Gasteiger partial charge < -0.3 is 4.74 Å². The Hall–Kier alpha value is -0.500. The Morgan fingerprint density at radius 3 is 2.61 bits per heavy atom. The maximum absolute atomic E-state index is 6.29. The van der Waals surface area contributed by atoms with Crippen LogP contribution in [-0.2, 0) is 0 Å². The summed E-state index contributed by atoms with van der Waals surface area (Å²) in [6, 6.07) is 8.44. The van der Waals surface area contributed by atoms with Gasteiger partial charge in [0.2, 0.25) is 0 Å². The van der Waals surface area contributed by atoms with Gasteiger partial charge in [-0.05, 0) is 30.4 Å². The predicted octanol–water partition coefficient (Wildman–Crippen LogP) is 5.14. The Balaban J connectivity index is 2.16. The van der Waals surface area contributed by atoms with Gasteiger partial charge in [-0.3, -0.25) is 0 Å². The van der Waals surface area contributed by atoms with Gasteiger partial charge >= 0.3 is 0 Å². The number of rotatable bonds is 4. The minimum atomic E-state index is 0.268. The van der Waals surface area contributed by atoms with E-state index < -0.39 is 0 Å². The van der Waals surface area contributed by atoms with Crippen molar-refractivity contribution in [3.63, 3.8) is 0 Å². The SMILES string of the molecule is CCC1(C)C(Br)CC1Oc1ccccc1C(C)C. The van der Waals surface area contributed by atoms with Crippen molar-refractivity contribution in [3.8, 4) is 5.75 Å². The first kappa shape index (κ1) is 13.9. The summed E-state index contributed by atoms with van der Waals surface area (Å²) in [5, 5.41) is 0. The van der Waals surface area contributed by atoms with Gasteiger partial charge in [-0.15, -0.1) is 0 Å². The van der Waals surface area contributed by atoms with Crippen LogP contribution in [0.3, 0.4) is 0 Å². The van der Waals surface area contributed by atoms with E-state index in [9.17, 15) is 0 Å². The number of hydrogen-bond donors (Lipinski definition) is 0. The zero-order valence-electron chi connectivity index (χ0n) is 11.7. The highest BCUT2D eigenvalue weighted by atomic mass is 79.9. The molecule has 1 aromatic carbocycles. The maximum atomic E-state index is 6.29. The molecule has 1 aliphatic carbocycles. The van der Waals surface area contributed by atoms with E-state index in [1.807, 2.05) is 0 Å². The summed E-state index contributed by atoms with van der Waals surface area (Å²) in [5.74, 6) is 1.57. The molecule has 0 heterocycles. The van der Waals surface area contributed by atoms with Crippen LogP contribution < -0.4 is 4.74 Å². The molecule has 3 unspecified atom stereocenters. The summed E-state index contributed by atoms with van der Waals surface area (Å²) in [6.45, 7) is 9.00. The number of alkyl halides is 1.